The van der Waals surface area contributed by atoms with E-state index in [0.29, 0.717) is 0 Å². The van der Waals surface area contributed by atoms with Gasteiger partial charge in [0.1, 0.15) is 0 Å². The number of nitrogens with zero attached hydrogens (tertiary/aromatic N) is 6. The standard InChI is InChI=1S/C44H36N4S2.2C2H3N.4F6P/c1-2-34-4-3-33(1)29-45-21-13-37(14-22-45)41-9-10-43(49-41)39-17-25-47(26-18-39)31-35-5-7-36(8-6-35)32-48-27-19-40(20-28-48)44-12-11-42(50-44)38-15-23-46(30-34)24-16-38;2*1-2-3;4*1-7(2,3,4,5)6/h1-28H,29-32H2;2*1H3;;;;/q+4;;;4*-1. The van der Waals surface area contributed by atoms with Gasteiger partial charge < -0.3 is 0 Å². The number of benzene rings is 2. The number of aromatic nitrogens is 4. The first kappa shape index (κ1) is 71.7. The van der Waals surface area contributed by atoms with E-state index in [-0.39, 0.29) is 0 Å². The SMILES string of the molecule is CC#N.CC#N.F[P-](F)(F)(F)(F)F.F[P-](F)(F)(F)(F)F.F[P-](F)(F)(F)(F)F.F[P-](F)(F)(F)(F)F.c1cc2ccc1C[n+]1ccc(cc1)-c1ccc(s1)-c1cc[n+](cc1)Cc1ccc(cc1)C[n+]1ccc(cc1)-c1ccc(s1)-c1cc[n+](cc1)C2. The predicted molar refractivity (Wildman–Crippen MR) is 277 cm³/mol. The van der Waals surface area contributed by atoms with Gasteiger partial charge in [-0.15, -0.1) is 22.7 Å². The van der Waals surface area contributed by atoms with Crippen LogP contribution in [-0.4, -0.2) is 0 Å². The molecule has 0 atom stereocenters. The van der Waals surface area contributed by atoms with Crippen molar-refractivity contribution in [1.82, 2.24) is 0 Å². The molecule has 0 aliphatic carbocycles. The maximum absolute atomic E-state index is 10.7. The van der Waals surface area contributed by atoms with Gasteiger partial charge in [-0.3, -0.25) is 0 Å². The fraction of sp³-hybridized carbons (Fsp3) is 0.125. The molecule has 2 aromatic carbocycles. The molecule has 0 fully saturated rings. The van der Waals surface area contributed by atoms with Gasteiger partial charge >= 0.3 is 132 Å². The molecule has 24 rings (SSSR count). The summed E-state index contributed by atoms with van der Waals surface area (Å²) in [7, 11) is -42.6. The van der Waals surface area contributed by atoms with E-state index in [4.69, 9.17) is 10.5 Å². The summed E-state index contributed by atoms with van der Waals surface area (Å²) >= 11 is 3.69. The van der Waals surface area contributed by atoms with Crippen molar-refractivity contribution in [2.75, 3.05) is 0 Å². The number of hydrogen-bond acceptors (Lipinski definition) is 4. The molecule has 8 aromatic rings. The molecule has 0 N–H and O–H groups in total. The summed E-state index contributed by atoms with van der Waals surface area (Å²) in [5.41, 5.74) is 10.2. The molecule has 0 radical (unpaired) electrons. The Morgan fingerprint density at radius 3 is 0.512 bits per heavy atom. The number of rotatable bonds is 0. The third kappa shape index (κ3) is 39.1. The summed E-state index contributed by atoms with van der Waals surface area (Å²) in [5, 5.41) is 14.6. The molecule has 16 aliphatic rings. The zero-order chi connectivity index (χ0) is 64.3. The first-order chi connectivity index (χ1) is 37.3. The van der Waals surface area contributed by atoms with Crippen LogP contribution < -0.4 is 18.3 Å². The van der Waals surface area contributed by atoms with Crippen molar-refractivity contribution in [3.05, 3.63) is 193 Å². The Morgan fingerprint density at radius 2 is 0.393 bits per heavy atom. The van der Waals surface area contributed by atoms with E-state index in [1.54, 1.807) is 12.1 Å². The predicted octanol–water partition coefficient (Wildman–Crippen LogP) is 22.7. The van der Waals surface area contributed by atoms with Gasteiger partial charge in [0.05, 0.1) is 12.1 Å². The second-order valence-corrected chi connectivity index (χ2v) is 27.1. The zero-order valence-corrected chi connectivity index (χ0v) is 47.6. The molecule has 84 heavy (non-hydrogen) atoms. The van der Waals surface area contributed by atoms with Crippen molar-refractivity contribution in [2.45, 2.75) is 40.0 Å². The number of hydrogen-bond donors (Lipinski definition) is 0. The van der Waals surface area contributed by atoms with Crippen LogP contribution in [-0.2, 0) is 26.2 Å². The second kappa shape index (κ2) is 23.0. The largest absolute Gasteiger partial charge is 0.201 e. The van der Waals surface area contributed by atoms with Crippen molar-refractivity contribution in [1.29, 1.82) is 10.5 Å². The number of pyridine rings is 4. The quantitative estimate of drug-likeness (QED) is 0.0863. The van der Waals surface area contributed by atoms with E-state index < -0.39 is 31.2 Å². The summed E-state index contributed by atoms with van der Waals surface area (Å²) < 4.78 is 246. The Labute approximate surface area is 468 Å². The van der Waals surface area contributed by atoms with Gasteiger partial charge in [-0.1, -0.05) is 48.5 Å². The molecule has 16 aliphatic heterocycles. The van der Waals surface area contributed by atoms with Crippen LogP contribution in [0.3, 0.4) is 0 Å². The Bertz CT molecular complexity index is 3070. The third-order valence-corrected chi connectivity index (χ3v) is 11.8. The van der Waals surface area contributed by atoms with Crippen molar-refractivity contribution in [3.63, 3.8) is 0 Å². The Kier molecular flexibility index (Phi) is 19.7. The molecule has 0 saturated heterocycles. The summed E-state index contributed by atoms with van der Waals surface area (Å²) in [6.45, 7) is 6.24. The van der Waals surface area contributed by atoms with Crippen molar-refractivity contribution in [2.24, 2.45) is 0 Å². The molecule has 464 valence electrons. The van der Waals surface area contributed by atoms with E-state index in [9.17, 15) is 101 Å². The minimum absolute atomic E-state index is 0.845. The fourth-order valence-corrected chi connectivity index (χ4v) is 8.58. The maximum Gasteiger partial charge on any atom is 0.173 e. The normalized spacial score (nSPS) is 15.3. The molecule has 16 bridgehead atoms. The Morgan fingerprint density at radius 1 is 0.274 bits per heavy atom. The number of thiophene rings is 2. The van der Waals surface area contributed by atoms with Crippen molar-refractivity contribution in [3.8, 4) is 53.9 Å². The van der Waals surface area contributed by atoms with Gasteiger partial charge in [-0.05, 0) is 24.3 Å². The van der Waals surface area contributed by atoms with E-state index in [2.05, 4.69) is 189 Å². The third-order valence-electron chi connectivity index (χ3n) is 9.42. The Hall–Kier alpha value is -6.54. The maximum atomic E-state index is 9.87. The van der Waals surface area contributed by atoms with Gasteiger partial charge in [-0.25, -0.2) is 18.3 Å². The molecule has 0 spiro atoms. The molecular weight excluding hydrogens is 1300 g/mol. The topological polar surface area (TPSA) is 63.1 Å². The van der Waals surface area contributed by atoms with Crippen LogP contribution in [0, 0.1) is 22.7 Å². The molecule has 0 amide bonds. The monoisotopic (exact) mass is 1350 g/mol. The van der Waals surface area contributed by atoms with Gasteiger partial charge in [0.25, 0.3) is 0 Å². The molecule has 6 nitrogen and oxygen atoms in total. The molecule has 36 heteroatoms. The van der Waals surface area contributed by atoms with Gasteiger partial charge in [-0.2, -0.15) is 10.5 Å². The smallest absolute Gasteiger partial charge is 0.173 e. The summed E-state index contributed by atoms with van der Waals surface area (Å²) in [6, 6.07) is 48.3. The van der Waals surface area contributed by atoms with Gasteiger partial charge in [0.2, 0.25) is 0 Å². The minimum Gasteiger partial charge on any atom is -0.201 e. The van der Waals surface area contributed by atoms with Crippen LogP contribution in [0.25, 0.3) is 41.8 Å². The fourth-order valence-electron chi connectivity index (χ4n) is 6.55. The van der Waals surface area contributed by atoms with Crippen LogP contribution in [0.4, 0.5) is 101 Å². The van der Waals surface area contributed by atoms with E-state index in [0.717, 1.165) is 26.2 Å². The average molecular weight is 1350 g/mol. The zero-order valence-electron chi connectivity index (χ0n) is 42.4. The van der Waals surface area contributed by atoms with E-state index >= 15 is 0 Å². The molecule has 6 aromatic heterocycles. The second-order valence-electron chi connectivity index (χ2n) is 17.3. The van der Waals surface area contributed by atoms with Crippen molar-refractivity contribution < 1.29 is 119 Å². The molecule has 22 heterocycles. The minimum atomic E-state index is -10.7. The summed E-state index contributed by atoms with van der Waals surface area (Å²) in [4.78, 5) is 5.13. The van der Waals surface area contributed by atoms with Crippen LogP contribution in [0.1, 0.15) is 36.1 Å². The van der Waals surface area contributed by atoms with E-state index in [1.165, 1.54) is 77.9 Å². The van der Waals surface area contributed by atoms with Crippen molar-refractivity contribution >= 4 is 53.9 Å². The number of halogens is 24. The Balaban J connectivity index is 0.000000444. The molecular formula is C48H42F24N6P4S2. The van der Waals surface area contributed by atoms with E-state index in [1.807, 2.05) is 22.7 Å². The van der Waals surface area contributed by atoms with Gasteiger partial charge in [0.15, 0.2) is 75.8 Å². The first-order valence-corrected chi connectivity index (χ1v) is 32.3. The summed E-state index contributed by atoms with van der Waals surface area (Å²) in [6.07, 6.45) is 17.5. The average Bonchev–Trinajstić information content (AvgIpc) is 4.17. The first-order valence-electron chi connectivity index (χ1n) is 22.5. The molecule has 0 unspecified atom stereocenters. The molecule has 0 saturated carbocycles. The van der Waals surface area contributed by atoms with Gasteiger partial charge in [0, 0.05) is 126 Å². The summed E-state index contributed by atoms with van der Waals surface area (Å²) in [5.74, 6) is 0. The number of nitriles is 2. The van der Waals surface area contributed by atoms with Crippen LogP contribution >= 0.6 is 53.9 Å². The van der Waals surface area contributed by atoms with Crippen LogP contribution in [0.5, 0.6) is 0 Å². The van der Waals surface area contributed by atoms with Crippen LogP contribution in [0.15, 0.2) is 171 Å². The van der Waals surface area contributed by atoms with Crippen LogP contribution in [0.2, 0.25) is 0 Å².